The number of hydrogen-bond donors (Lipinski definition) is 1. The van der Waals surface area contributed by atoms with Gasteiger partial charge >= 0.3 is 0 Å². The first-order chi connectivity index (χ1) is 8.04. The van der Waals surface area contributed by atoms with E-state index >= 15 is 0 Å². The first-order valence-electron chi connectivity index (χ1n) is 6.18. The average molecular weight is 235 g/mol. The normalized spacial score (nSPS) is 12.5. The molecule has 1 nitrogen and oxygen atoms in total. The van der Waals surface area contributed by atoms with Crippen LogP contribution < -0.4 is 5.32 Å². The van der Waals surface area contributed by atoms with E-state index in [2.05, 4.69) is 18.8 Å². The van der Waals surface area contributed by atoms with Crippen LogP contribution in [0, 0.1) is 12.7 Å². The minimum Gasteiger partial charge on any atom is -0.310 e. The van der Waals surface area contributed by atoms with E-state index in [1.54, 1.807) is 12.1 Å². The minimum absolute atomic E-state index is 0.0346. The standard InChI is InChI=1S/C15H22FN/c1-5-8-17-15(9-11(2)3)13-10-12(4)6-7-14(13)16/h6-7,10,15,17H,2,5,8-9H2,1,3-4H3. The highest BCUT2D eigenvalue weighted by atomic mass is 19.1. The summed E-state index contributed by atoms with van der Waals surface area (Å²) in [6, 6.07) is 5.30. The summed E-state index contributed by atoms with van der Waals surface area (Å²) in [7, 11) is 0. The fourth-order valence-electron chi connectivity index (χ4n) is 1.89. The Morgan fingerprint density at radius 3 is 2.76 bits per heavy atom. The molecule has 0 saturated heterocycles. The summed E-state index contributed by atoms with van der Waals surface area (Å²) in [5, 5.41) is 3.38. The van der Waals surface area contributed by atoms with Gasteiger partial charge in [-0.2, -0.15) is 0 Å². The summed E-state index contributed by atoms with van der Waals surface area (Å²) in [4.78, 5) is 0. The van der Waals surface area contributed by atoms with Gasteiger partial charge in [-0.1, -0.05) is 30.2 Å². The molecule has 1 rings (SSSR count). The summed E-state index contributed by atoms with van der Waals surface area (Å²) in [6.07, 6.45) is 1.82. The number of benzene rings is 1. The van der Waals surface area contributed by atoms with Crippen molar-refractivity contribution in [1.82, 2.24) is 5.32 Å². The van der Waals surface area contributed by atoms with E-state index in [0.29, 0.717) is 0 Å². The molecule has 1 atom stereocenters. The van der Waals surface area contributed by atoms with Crippen LogP contribution in [0.25, 0.3) is 0 Å². The van der Waals surface area contributed by atoms with Crippen molar-refractivity contribution in [2.45, 2.75) is 39.7 Å². The summed E-state index contributed by atoms with van der Waals surface area (Å²) < 4.78 is 13.8. The smallest absolute Gasteiger partial charge is 0.128 e. The average Bonchev–Trinajstić information content (AvgIpc) is 2.27. The van der Waals surface area contributed by atoms with Crippen LogP contribution in [-0.2, 0) is 0 Å². The lowest BCUT2D eigenvalue weighted by molar-refractivity contribution is 0.496. The Bertz CT molecular complexity index is 385. The third-order valence-corrected chi connectivity index (χ3v) is 2.72. The summed E-state index contributed by atoms with van der Waals surface area (Å²) >= 11 is 0. The molecule has 1 aromatic rings. The highest BCUT2D eigenvalue weighted by molar-refractivity contribution is 5.27. The van der Waals surface area contributed by atoms with Crippen molar-refractivity contribution in [2.24, 2.45) is 0 Å². The minimum atomic E-state index is -0.134. The van der Waals surface area contributed by atoms with Crippen LogP contribution in [-0.4, -0.2) is 6.54 Å². The van der Waals surface area contributed by atoms with Gasteiger partial charge in [-0.3, -0.25) is 0 Å². The van der Waals surface area contributed by atoms with E-state index in [-0.39, 0.29) is 11.9 Å². The molecule has 1 unspecified atom stereocenters. The number of hydrogen-bond acceptors (Lipinski definition) is 1. The molecule has 0 aliphatic rings. The topological polar surface area (TPSA) is 12.0 Å². The molecular formula is C15H22FN. The highest BCUT2D eigenvalue weighted by Crippen LogP contribution is 2.24. The summed E-state index contributed by atoms with van der Waals surface area (Å²) in [5.74, 6) is -0.134. The number of rotatable bonds is 6. The fraction of sp³-hybridized carbons (Fsp3) is 0.467. The maximum Gasteiger partial charge on any atom is 0.128 e. The predicted molar refractivity (Wildman–Crippen MR) is 71.6 cm³/mol. The molecule has 0 fully saturated rings. The Labute approximate surface area is 104 Å². The second kappa shape index (κ2) is 6.55. The van der Waals surface area contributed by atoms with Gasteiger partial charge in [-0.15, -0.1) is 6.58 Å². The zero-order chi connectivity index (χ0) is 12.8. The molecule has 0 radical (unpaired) electrons. The zero-order valence-electron chi connectivity index (χ0n) is 11.0. The molecule has 0 bridgehead atoms. The van der Waals surface area contributed by atoms with Gasteiger partial charge < -0.3 is 5.32 Å². The molecule has 0 saturated carbocycles. The lowest BCUT2D eigenvalue weighted by Crippen LogP contribution is -2.23. The number of aryl methyl sites for hydroxylation is 1. The van der Waals surface area contributed by atoms with Crippen LogP contribution in [0.2, 0.25) is 0 Å². The Morgan fingerprint density at radius 1 is 1.47 bits per heavy atom. The van der Waals surface area contributed by atoms with Gasteiger partial charge in [0.15, 0.2) is 0 Å². The second-order valence-corrected chi connectivity index (χ2v) is 4.69. The van der Waals surface area contributed by atoms with Crippen LogP contribution >= 0.6 is 0 Å². The molecule has 1 N–H and O–H groups in total. The Hall–Kier alpha value is -1.15. The van der Waals surface area contributed by atoms with Crippen molar-refractivity contribution in [3.05, 3.63) is 47.3 Å². The van der Waals surface area contributed by atoms with Crippen LogP contribution in [0.4, 0.5) is 4.39 Å². The second-order valence-electron chi connectivity index (χ2n) is 4.69. The van der Waals surface area contributed by atoms with Crippen molar-refractivity contribution in [1.29, 1.82) is 0 Å². The molecular weight excluding hydrogens is 213 g/mol. The molecule has 2 heteroatoms. The third kappa shape index (κ3) is 4.31. The SMILES string of the molecule is C=C(C)CC(NCCC)c1cc(C)ccc1F. The van der Waals surface area contributed by atoms with Gasteiger partial charge in [0.25, 0.3) is 0 Å². The van der Waals surface area contributed by atoms with E-state index in [1.807, 2.05) is 19.9 Å². The summed E-state index contributed by atoms with van der Waals surface area (Å²) in [5.41, 5.74) is 2.91. The van der Waals surface area contributed by atoms with Crippen LogP contribution in [0.15, 0.2) is 30.4 Å². The van der Waals surface area contributed by atoms with Crippen molar-refractivity contribution in [2.75, 3.05) is 6.54 Å². The van der Waals surface area contributed by atoms with Crippen molar-refractivity contribution >= 4 is 0 Å². The van der Waals surface area contributed by atoms with E-state index in [0.717, 1.165) is 36.1 Å². The number of halogens is 1. The molecule has 17 heavy (non-hydrogen) atoms. The molecule has 0 aromatic heterocycles. The van der Waals surface area contributed by atoms with Crippen LogP contribution in [0.5, 0.6) is 0 Å². The van der Waals surface area contributed by atoms with Gasteiger partial charge in [-0.25, -0.2) is 4.39 Å². The molecule has 0 spiro atoms. The van der Waals surface area contributed by atoms with Crippen molar-refractivity contribution < 1.29 is 4.39 Å². The van der Waals surface area contributed by atoms with Gasteiger partial charge in [0.2, 0.25) is 0 Å². The van der Waals surface area contributed by atoms with Crippen LogP contribution in [0.3, 0.4) is 0 Å². The Kier molecular flexibility index (Phi) is 5.36. The van der Waals surface area contributed by atoms with E-state index < -0.39 is 0 Å². The molecule has 0 aliphatic carbocycles. The largest absolute Gasteiger partial charge is 0.310 e. The Balaban J connectivity index is 2.93. The molecule has 0 amide bonds. The van der Waals surface area contributed by atoms with E-state index in [4.69, 9.17) is 0 Å². The van der Waals surface area contributed by atoms with E-state index in [1.165, 1.54) is 0 Å². The van der Waals surface area contributed by atoms with E-state index in [9.17, 15) is 4.39 Å². The number of nitrogens with one attached hydrogen (secondary N) is 1. The van der Waals surface area contributed by atoms with Gasteiger partial charge in [0.05, 0.1) is 0 Å². The van der Waals surface area contributed by atoms with Crippen molar-refractivity contribution in [3.63, 3.8) is 0 Å². The maximum atomic E-state index is 13.8. The van der Waals surface area contributed by atoms with Gasteiger partial charge in [0, 0.05) is 11.6 Å². The first kappa shape index (κ1) is 13.9. The lowest BCUT2D eigenvalue weighted by atomic mass is 9.98. The van der Waals surface area contributed by atoms with Gasteiger partial charge in [0.1, 0.15) is 5.82 Å². The molecule has 0 aliphatic heterocycles. The molecule has 94 valence electrons. The maximum absolute atomic E-state index is 13.8. The fourth-order valence-corrected chi connectivity index (χ4v) is 1.89. The predicted octanol–water partition coefficient (Wildman–Crippen LogP) is 4.14. The third-order valence-electron chi connectivity index (χ3n) is 2.72. The Morgan fingerprint density at radius 2 is 2.18 bits per heavy atom. The quantitative estimate of drug-likeness (QED) is 0.731. The highest BCUT2D eigenvalue weighted by Gasteiger charge is 2.15. The zero-order valence-corrected chi connectivity index (χ0v) is 11.0. The first-order valence-corrected chi connectivity index (χ1v) is 6.18. The van der Waals surface area contributed by atoms with Crippen molar-refractivity contribution in [3.8, 4) is 0 Å². The molecule has 1 aromatic carbocycles. The summed E-state index contributed by atoms with van der Waals surface area (Å²) in [6.45, 7) is 10.9. The molecule has 0 heterocycles. The monoisotopic (exact) mass is 235 g/mol. The van der Waals surface area contributed by atoms with Gasteiger partial charge in [-0.05, 0) is 39.3 Å². The lowest BCUT2D eigenvalue weighted by Gasteiger charge is -2.20. The van der Waals surface area contributed by atoms with Crippen LogP contribution in [0.1, 0.15) is 43.9 Å².